The van der Waals surface area contributed by atoms with Gasteiger partial charge in [-0.2, -0.15) is 18.3 Å². The van der Waals surface area contributed by atoms with Crippen molar-refractivity contribution in [2.24, 2.45) is 0 Å². The van der Waals surface area contributed by atoms with Crippen molar-refractivity contribution in [2.45, 2.75) is 68.2 Å². The Morgan fingerprint density at radius 2 is 0.933 bits per heavy atom. The third-order valence-electron chi connectivity index (χ3n) is 14.0. The number of hydrogen-bond acceptors (Lipinski definition) is 21. The normalized spacial score (nSPS) is 11.0. The Balaban J connectivity index is 0.000000141. The van der Waals surface area contributed by atoms with Crippen molar-refractivity contribution in [3.63, 3.8) is 0 Å². The number of halogens is 1. The highest BCUT2D eigenvalue weighted by atomic mass is 35.5. The van der Waals surface area contributed by atoms with Gasteiger partial charge in [0.15, 0.2) is 29.0 Å². The van der Waals surface area contributed by atoms with Crippen molar-refractivity contribution in [3.8, 4) is 40.0 Å². The molecule has 12 rings (SSSR count). The van der Waals surface area contributed by atoms with Gasteiger partial charge in [0.25, 0.3) is 5.69 Å². The molecule has 0 unspecified atom stereocenters. The molecule has 0 saturated heterocycles. The predicted octanol–water partition coefficient (Wildman–Crippen LogP) is 12.1. The van der Waals surface area contributed by atoms with Gasteiger partial charge in [0, 0.05) is 91.2 Å². The smallest absolute Gasteiger partial charge is 0.348 e. The summed E-state index contributed by atoms with van der Waals surface area (Å²) in [4.78, 5) is 87.0. The summed E-state index contributed by atoms with van der Waals surface area (Å²) < 4.78 is 5.69. The molecule has 0 spiro atoms. The number of phenolic OH excluding ortho intramolecular Hbond substituents is 3. The number of non-ortho nitro benzene ring substituents is 1. The van der Waals surface area contributed by atoms with E-state index < -0.39 is 24.6 Å². The van der Waals surface area contributed by atoms with Crippen molar-refractivity contribution in [3.05, 3.63) is 217 Å². The number of fused-ring (bicyclic) bond motifs is 4. The third kappa shape index (κ3) is 11.9. The lowest BCUT2D eigenvalue weighted by Crippen LogP contribution is -2.09. The maximum Gasteiger partial charge on any atom is 0.348 e. The summed E-state index contributed by atoms with van der Waals surface area (Å²) in [5, 5.41) is 89.2. The van der Waals surface area contributed by atoms with Crippen LogP contribution in [0.1, 0.15) is 59.3 Å². The number of nitro groups is 5. The molecule has 0 aliphatic carbocycles. The first-order valence-electron chi connectivity index (χ1n) is 26.6. The standard InChI is InChI=1S/C17H18N4O3.C14H11N5O5.C14H12N4O3.C13H9ClN4O2/c1-4-6-12-10(2)19-16-13(7-5-8-14(16)22)17(12)20-11(3)18-9-15(20)21(23)24;1-7-5-10(17-8(2)15-6-12(17)19(23)24)13-9(18(21)22)3-4-11(20)14(13)16-7;1-8-6-11(10-4-3-5-12(19)14(10)16-8)17-9(2)15-7-13(17)18(20)21;1-8-16-7-13(18(19)20)17(8)12-4-5-15-11-6-9(14)2-3-10(11)12/h5,7-9,22H,4,6H2,1-3H3;3-6,20H,1-2H3;3-7,19H,1-2H3;2-7H,1H3. The summed E-state index contributed by atoms with van der Waals surface area (Å²) in [6, 6.07) is 22.6. The number of aryl methyl sites for hydroxylation is 7. The molecule has 0 fully saturated rings. The second-order valence-corrected chi connectivity index (χ2v) is 20.2. The number of para-hydroxylation sites is 2. The van der Waals surface area contributed by atoms with E-state index in [1.165, 1.54) is 50.5 Å². The minimum atomic E-state index is -0.629. The van der Waals surface area contributed by atoms with Crippen LogP contribution in [0.3, 0.4) is 0 Å². The monoisotopic (exact) mass is 1230 g/mol. The molecular weight excluding hydrogens is 1180 g/mol. The van der Waals surface area contributed by atoms with Crippen LogP contribution in [-0.2, 0) is 6.42 Å². The van der Waals surface area contributed by atoms with Gasteiger partial charge in [-0.05, 0) is 95.4 Å². The summed E-state index contributed by atoms with van der Waals surface area (Å²) in [5.41, 5.74) is 6.08. The maximum atomic E-state index is 11.4. The molecule has 0 atom stereocenters. The summed E-state index contributed by atoms with van der Waals surface area (Å²) in [6.07, 6.45) is 8.01. The summed E-state index contributed by atoms with van der Waals surface area (Å²) in [7, 11) is 0. The molecule has 31 heteroatoms. The van der Waals surface area contributed by atoms with E-state index in [4.69, 9.17) is 11.6 Å². The molecule has 0 aliphatic heterocycles. The fourth-order valence-corrected chi connectivity index (χ4v) is 10.4. The minimum absolute atomic E-state index is 0.00148. The van der Waals surface area contributed by atoms with E-state index in [1.807, 2.05) is 19.9 Å². The lowest BCUT2D eigenvalue weighted by atomic mass is 10.0. The van der Waals surface area contributed by atoms with Gasteiger partial charge in [-0.3, -0.25) is 15.1 Å². The Bertz CT molecular complexity index is 4870. The zero-order valence-corrected chi connectivity index (χ0v) is 49.0. The Morgan fingerprint density at radius 1 is 0.472 bits per heavy atom. The first-order chi connectivity index (χ1) is 42.3. The fraction of sp³-hybridized carbons (Fsp3) is 0.172. The van der Waals surface area contributed by atoms with E-state index in [-0.39, 0.29) is 68.6 Å². The number of benzene rings is 4. The van der Waals surface area contributed by atoms with E-state index in [1.54, 1.807) is 107 Å². The minimum Gasteiger partial charge on any atom is -0.506 e. The number of nitro benzene ring substituents is 1. The molecule has 0 aliphatic rings. The van der Waals surface area contributed by atoms with Crippen molar-refractivity contribution < 1.29 is 39.9 Å². The molecule has 0 saturated carbocycles. The Kier molecular flexibility index (Phi) is 17.3. The molecular formula is C58H50ClN17O13. The van der Waals surface area contributed by atoms with Crippen LogP contribution in [0.25, 0.3) is 66.4 Å². The van der Waals surface area contributed by atoms with Crippen molar-refractivity contribution >= 4 is 84.2 Å². The van der Waals surface area contributed by atoms with Crippen LogP contribution < -0.4 is 0 Å². The molecule has 12 aromatic rings. The van der Waals surface area contributed by atoms with E-state index in [9.17, 15) is 65.9 Å². The van der Waals surface area contributed by atoms with Gasteiger partial charge in [-0.1, -0.05) is 37.1 Å². The number of nitrogens with zero attached hydrogens (tertiary/aromatic N) is 17. The number of aromatic nitrogens is 12. The van der Waals surface area contributed by atoms with E-state index >= 15 is 0 Å². The number of hydrogen-bond donors (Lipinski definition) is 3. The second kappa shape index (κ2) is 24.9. The average molecular weight is 1230 g/mol. The zero-order valence-electron chi connectivity index (χ0n) is 48.3. The molecule has 452 valence electrons. The van der Waals surface area contributed by atoms with Gasteiger partial charge in [0.05, 0.1) is 21.2 Å². The highest BCUT2D eigenvalue weighted by Crippen LogP contribution is 2.39. The highest BCUT2D eigenvalue weighted by molar-refractivity contribution is 6.31. The van der Waals surface area contributed by atoms with Crippen LogP contribution >= 0.6 is 11.6 Å². The molecule has 3 N–H and O–H groups in total. The predicted molar refractivity (Wildman–Crippen MR) is 326 cm³/mol. The first kappa shape index (κ1) is 61.6. The quantitative estimate of drug-likeness (QED) is 0.0799. The van der Waals surface area contributed by atoms with Gasteiger partial charge in [-0.25, -0.2) is 34.9 Å². The summed E-state index contributed by atoms with van der Waals surface area (Å²) in [6.45, 7) is 14.0. The zero-order chi connectivity index (χ0) is 64.4. The molecule has 0 amide bonds. The van der Waals surface area contributed by atoms with E-state index in [2.05, 4.69) is 39.9 Å². The number of phenols is 3. The van der Waals surface area contributed by atoms with Gasteiger partial charge < -0.3 is 55.8 Å². The summed E-state index contributed by atoms with van der Waals surface area (Å²) >= 11 is 5.94. The van der Waals surface area contributed by atoms with Gasteiger partial charge in [-0.15, -0.1) is 0 Å². The van der Waals surface area contributed by atoms with Gasteiger partial charge in [0.2, 0.25) is 0 Å². The number of rotatable bonds is 11. The Labute approximate surface area is 506 Å². The van der Waals surface area contributed by atoms with Crippen molar-refractivity contribution in [1.82, 2.24) is 58.1 Å². The van der Waals surface area contributed by atoms with Crippen LogP contribution in [0.15, 0.2) is 116 Å². The van der Waals surface area contributed by atoms with Gasteiger partial charge in [0.1, 0.15) is 81.0 Å². The highest BCUT2D eigenvalue weighted by Gasteiger charge is 2.30. The Hall–Kier alpha value is -12.0. The van der Waals surface area contributed by atoms with Crippen molar-refractivity contribution in [1.29, 1.82) is 0 Å². The van der Waals surface area contributed by atoms with Crippen LogP contribution in [0.4, 0.5) is 29.0 Å². The van der Waals surface area contributed by atoms with Crippen LogP contribution in [-0.4, -0.2) is 98.1 Å². The second-order valence-electron chi connectivity index (χ2n) is 19.8. The number of imidazole rings is 4. The van der Waals surface area contributed by atoms with E-state index in [0.29, 0.717) is 78.3 Å². The molecule has 30 nitrogen and oxygen atoms in total. The van der Waals surface area contributed by atoms with E-state index in [0.717, 1.165) is 41.7 Å². The topological polar surface area (TPSA) is 399 Å². The van der Waals surface area contributed by atoms with Crippen LogP contribution in [0.5, 0.6) is 17.2 Å². The molecule has 8 heterocycles. The molecule has 89 heavy (non-hydrogen) atoms. The third-order valence-corrected chi connectivity index (χ3v) is 14.2. The maximum absolute atomic E-state index is 11.4. The lowest BCUT2D eigenvalue weighted by Gasteiger charge is -2.14. The summed E-state index contributed by atoms with van der Waals surface area (Å²) in [5.74, 6) is 1.06. The van der Waals surface area contributed by atoms with Crippen LogP contribution in [0, 0.1) is 99.0 Å². The number of pyridine rings is 4. The Morgan fingerprint density at radius 3 is 1.46 bits per heavy atom. The van der Waals surface area contributed by atoms with Gasteiger partial charge >= 0.3 is 23.3 Å². The fourth-order valence-electron chi connectivity index (χ4n) is 10.2. The lowest BCUT2D eigenvalue weighted by molar-refractivity contribution is -0.391. The molecule has 0 bridgehead atoms. The largest absolute Gasteiger partial charge is 0.506 e. The average Bonchev–Trinajstić information content (AvgIpc) is 1.79. The van der Waals surface area contributed by atoms with Crippen LogP contribution in [0.2, 0.25) is 5.02 Å². The first-order valence-corrected chi connectivity index (χ1v) is 27.0. The molecule has 0 radical (unpaired) electrons. The van der Waals surface area contributed by atoms with Crippen molar-refractivity contribution in [2.75, 3.05) is 0 Å². The molecule has 8 aromatic heterocycles. The SMILES string of the molecule is CCCc1c(C)nc2c(O)cccc2c1-n1c([N+](=O)[O-])cnc1C.Cc1cc(-n2c([N+](=O)[O-])cnc2C)c2c([N+](=O)[O-])ccc(O)c2n1.Cc1cc(-n2c([N+](=O)[O-])cnc2C)c2cccc(O)c2n1.Cc1ncc([N+](=O)[O-])n1-c1ccnc2cc(Cl)ccc12. The molecule has 4 aromatic carbocycles. The number of aromatic hydroxyl groups is 3.